The summed E-state index contributed by atoms with van der Waals surface area (Å²) in [5.74, 6) is 0. The number of nitrogens with zero attached hydrogens (tertiary/aromatic N) is 1. The van der Waals surface area contributed by atoms with Crippen molar-refractivity contribution in [3.05, 3.63) is 45.5 Å². The summed E-state index contributed by atoms with van der Waals surface area (Å²) in [4.78, 5) is 10.5. The summed E-state index contributed by atoms with van der Waals surface area (Å²) in [7, 11) is 2.58. The van der Waals surface area contributed by atoms with Gasteiger partial charge in [0.25, 0.3) is 0 Å². The maximum atomic E-state index is 11.1. The summed E-state index contributed by atoms with van der Waals surface area (Å²) in [5, 5.41) is 11.3. The normalized spacial score (nSPS) is 29.3. The van der Waals surface area contributed by atoms with Crippen molar-refractivity contribution in [1.29, 1.82) is 0 Å². The molecule has 0 saturated heterocycles. The van der Waals surface area contributed by atoms with Crippen LogP contribution in [0.4, 0.5) is 0 Å². The van der Waals surface area contributed by atoms with Crippen LogP contribution in [0.25, 0.3) is 0 Å². The second kappa shape index (κ2) is 4.78. The Morgan fingerprint density at radius 2 is 2.31 bits per heavy atom. The van der Waals surface area contributed by atoms with Crippen LogP contribution in [-0.2, 0) is 9.47 Å². The lowest BCUT2D eigenvalue weighted by atomic mass is 9.96. The van der Waals surface area contributed by atoms with Gasteiger partial charge in [-0.15, -0.1) is 0 Å². The van der Waals surface area contributed by atoms with Crippen LogP contribution >= 0.6 is 11.6 Å². The molecule has 0 saturated carbocycles. The second-order valence-electron chi connectivity index (χ2n) is 3.17. The third kappa shape index (κ3) is 1.77. The van der Waals surface area contributed by atoms with E-state index in [1.165, 1.54) is 32.4 Å². The van der Waals surface area contributed by atoms with Gasteiger partial charge in [0, 0.05) is 20.3 Å². The molecule has 1 aliphatic carbocycles. The lowest BCUT2D eigenvalue weighted by Crippen LogP contribution is -2.52. The Balaban J connectivity index is 3.28. The molecule has 0 aliphatic heterocycles. The van der Waals surface area contributed by atoms with Gasteiger partial charge in [-0.1, -0.05) is 24.3 Å². The molecule has 0 radical (unpaired) electrons. The van der Waals surface area contributed by atoms with Gasteiger partial charge in [0.2, 0.25) is 0 Å². The van der Waals surface area contributed by atoms with Gasteiger partial charge in [0.05, 0.1) is 9.96 Å². The van der Waals surface area contributed by atoms with Crippen molar-refractivity contribution in [2.75, 3.05) is 14.2 Å². The van der Waals surface area contributed by atoms with E-state index in [9.17, 15) is 10.1 Å². The van der Waals surface area contributed by atoms with E-state index in [0.717, 1.165) is 0 Å². The summed E-state index contributed by atoms with van der Waals surface area (Å²) in [6.45, 7) is 3.56. The molecule has 0 aromatic heterocycles. The minimum absolute atomic E-state index is 0.207. The zero-order valence-electron chi connectivity index (χ0n) is 8.97. The number of rotatable bonds is 4. The first-order chi connectivity index (χ1) is 7.53. The molecule has 0 heterocycles. The summed E-state index contributed by atoms with van der Waals surface area (Å²) >= 11 is 6.00. The highest BCUT2D eigenvalue weighted by atomic mass is 35.5. The van der Waals surface area contributed by atoms with Gasteiger partial charge in [-0.2, -0.15) is 0 Å². The zero-order valence-corrected chi connectivity index (χ0v) is 9.73. The number of methoxy groups -OCH3 is 2. The minimum atomic E-state index is -1.78. The number of hydrogen-bond acceptors (Lipinski definition) is 4. The topological polar surface area (TPSA) is 61.6 Å². The van der Waals surface area contributed by atoms with Crippen LogP contribution in [0.15, 0.2) is 35.4 Å². The molecular formula is C10H12ClNO4. The fraction of sp³-hybridized carbons (Fsp3) is 0.400. The largest absolute Gasteiger partial charge is 0.375 e. The van der Waals surface area contributed by atoms with Crippen molar-refractivity contribution in [2.45, 2.75) is 11.8 Å². The first kappa shape index (κ1) is 12.9. The minimum Gasteiger partial charge on any atom is -0.365 e. The van der Waals surface area contributed by atoms with E-state index < -0.39 is 16.8 Å². The standard InChI is InChI=1S/C10H12ClNO4/c1-4-7-5-6-10(16-3,12(13)14)9(15-2)8(7)11/h4-6,9H,1H2,2-3H3. The number of ether oxygens (including phenoxy) is 2. The zero-order chi connectivity index (χ0) is 12.3. The summed E-state index contributed by atoms with van der Waals surface area (Å²) < 4.78 is 9.99. The maximum Gasteiger partial charge on any atom is 0.375 e. The Bertz CT molecular complexity index is 377. The van der Waals surface area contributed by atoms with Gasteiger partial charge in [-0.05, 0) is 11.6 Å². The van der Waals surface area contributed by atoms with Crippen LogP contribution in [0.1, 0.15) is 0 Å². The number of halogens is 1. The van der Waals surface area contributed by atoms with Crippen LogP contribution < -0.4 is 0 Å². The highest BCUT2D eigenvalue weighted by Crippen LogP contribution is 2.35. The third-order valence-corrected chi connectivity index (χ3v) is 2.87. The van der Waals surface area contributed by atoms with Crippen LogP contribution in [0.2, 0.25) is 0 Å². The predicted molar refractivity (Wildman–Crippen MR) is 59.7 cm³/mol. The molecule has 16 heavy (non-hydrogen) atoms. The molecule has 5 nitrogen and oxygen atoms in total. The summed E-state index contributed by atoms with van der Waals surface area (Å²) in [5.41, 5.74) is -1.19. The highest BCUT2D eigenvalue weighted by molar-refractivity contribution is 6.31. The Hall–Kier alpha value is -1.17. The average Bonchev–Trinajstić information content (AvgIpc) is 2.28. The highest BCUT2D eigenvalue weighted by Gasteiger charge is 2.53. The van der Waals surface area contributed by atoms with Gasteiger partial charge in [-0.25, -0.2) is 0 Å². The molecule has 0 spiro atoms. The van der Waals surface area contributed by atoms with Crippen LogP contribution in [0.3, 0.4) is 0 Å². The van der Waals surface area contributed by atoms with E-state index in [1.807, 2.05) is 0 Å². The van der Waals surface area contributed by atoms with Crippen molar-refractivity contribution in [3.63, 3.8) is 0 Å². The Morgan fingerprint density at radius 1 is 1.69 bits per heavy atom. The molecule has 6 heteroatoms. The van der Waals surface area contributed by atoms with Gasteiger partial charge in [-0.3, -0.25) is 10.1 Å². The van der Waals surface area contributed by atoms with Crippen molar-refractivity contribution in [1.82, 2.24) is 0 Å². The molecule has 0 amide bonds. The maximum absolute atomic E-state index is 11.1. The SMILES string of the molecule is C=CC1=C(Cl)C(OC)C(OC)([N+](=O)[O-])C=C1. The van der Waals surface area contributed by atoms with E-state index in [2.05, 4.69) is 6.58 Å². The fourth-order valence-electron chi connectivity index (χ4n) is 1.55. The third-order valence-electron chi connectivity index (χ3n) is 2.45. The molecule has 0 aromatic carbocycles. The van der Waals surface area contributed by atoms with Crippen molar-refractivity contribution >= 4 is 11.6 Å². The molecule has 0 N–H and O–H groups in total. The molecule has 0 fully saturated rings. The van der Waals surface area contributed by atoms with E-state index in [-0.39, 0.29) is 5.03 Å². The first-order valence-corrected chi connectivity index (χ1v) is 4.85. The molecule has 2 unspecified atom stereocenters. The number of nitro groups is 1. The van der Waals surface area contributed by atoms with Crippen molar-refractivity contribution in [2.24, 2.45) is 0 Å². The second-order valence-corrected chi connectivity index (χ2v) is 3.58. The predicted octanol–water partition coefficient (Wildman–Crippen LogP) is 1.87. The number of allylic oxidation sites excluding steroid dienone is 3. The lowest BCUT2D eigenvalue weighted by Gasteiger charge is -2.30. The van der Waals surface area contributed by atoms with E-state index in [0.29, 0.717) is 5.57 Å². The van der Waals surface area contributed by atoms with Crippen molar-refractivity contribution < 1.29 is 14.4 Å². The van der Waals surface area contributed by atoms with Gasteiger partial charge in [0.15, 0.2) is 6.10 Å². The van der Waals surface area contributed by atoms with Crippen LogP contribution in [0.5, 0.6) is 0 Å². The fourth-order valence-corrected chi connectivity index (χ4v) is 1.94. The number of hydrogen-bond donors (Lipinski definition) is 0. The summed E-state index contributed by atoms with van der Waals surface area (Å²) in [6, 6.07) is 0. The Morgan fingerprint density at radius 3 is 2.69 bits per heavy atom. The van der Waals surface area contributed by atoms with E-state index in [4.69, 9.17) is 21.1 Å². The Labute approximate surface area is 98.1 Å². The Kier molecular flexibility index (Phi) is 3.85. The first-order valence-electron chi connectivity index (χ1n) is 4.47. The van der Waals surface area contributed by atoms with Crippen LogP contribution in [-0.4, -0.2) is 31.0 Å². The monoisotopic (exact) mass is 245 g/mol. The molecular weight excluding hydrogens is 234 g/mol. The average molecular weight is 246 g/mol. The molecule has 1 aliphatic rings. The van der Waals surface area contributed by atoms with Crippen LogP contribution in [0, 0.1) is 10.1 Å². The smallest absolute Gasteiger partial charge is 0.365 e. The molecule has 0 bridgehead atoms. The molecule has 88 valence electrons. The molecule has 2 atom stereocenters. The van der Waals surface area contributed by atoms with E-state index in [1.54, 1.807) is 0 Å². The van der Waals surface area contributed by atoms with Crippen molar-refractivity contribution in [3.8, 4) is 0 Å². The quantitative estimate of drug-likeness (QED) is 0.431. The molecule has 1 rings (SSSR count). The van der Waals surface area contributed by atoms with Gasteiger partial charge in [0.1, 0.15) is 0 Å². The summed E-state index contributed by atoms with van der Waals surface area (Å²) in [6.07, 6.45) is 3.33. The van der Waals surface area contributed by atoms with Gasteiger partial charge >= 0.3 is 5.72 Å². The van der Waals surface area contributed by atoms with Gasteiger partial charge < -0.3 is 9.47 Å². The molecule has 0 aromatic rings. The van der Waals surface area contributed by atoms with E-state index >= 15 is 0 Å². The lowest BCUT2D eigenvalue weighted by molar-refractivity contribution is -0.621.